The molecule has 1 aromatic carbocycles. The molecule has 1 aromatic heterocycles. The van der Waals surface area contributed by atoms with Crippen LogP contribution in [0, 0.1) is 11.7 Å². The first-order valence-corrected chi connectivity index (χ1v) is 12.3. The van der Waals surface area contributed by atoms with E-state index in [1.165, 1.54) is 56.9 Å². The molecule has 0 radical (unpaired) electrons. The lowest BCUT2D eigenvalue weighted by Gasteiger charge is -2.27. The van der Waals surface area contributed by atoms with E-state index in [2.05, 4.69) is 30.1 Å². The van der Waals surface area contributed by atoms with Crippen LogP contribution in [0.25, 0.3) is 5.57 Å². The average molecular weight is 492 g/mol. The molecule has 1 saturated heterocycles. The molecule has 1 aliphatic heterocycles. The number of halogens is 2. The minimum Gasteiger partial charge on any atom is -0.481 e. The number of nitrogens with zero attached hydrogens (tertiary/aromatic N) is 1. The summed E-state index contributed by atoms with van der Waals surface area (Å²) in [6.07, 6.45) is 14.8. The fourth-order valence-corrected chi connectivity index (χ4v) is 3.77. The van der Waals surface area contributed by atoms with Crippen molar-refractivity contribution < 1.29 is 23.6 Å². The summed E-state index contributed by atoms with van der Waals surface area (Å²) in [6, 6.07) is 5.57. The second-order valence-electron chi connectivity index (χ2n) is 7.98. The molecule has 3 rings (SSSR count). The smallest absolute Gasteiger partial charge is 0.307 e. The first kappa shape index (κ1) is 29.3. The van der Waals surface area contributed by atoms with Crippen LogP contribution in [0.2, 0.25) is 0 Å². The SMILES string of the molecule is C=C/C=C(\C=C/C)c1nc(C[NH+]2CCC(CC)CC2)co1.CCl.O=C(O)Cc1cccc(F)c1. The van der Waals surface area contributed by atoms with Crippen LogP contribution in [0.5, 0.6) is 0 Å². The van der Waals surface area contributed by atoms with Gasteiger partial charge in [-0.05, 0) is 43.4 Å². The molecule has 1 aliphatic rings. The maximum absolute atomic E-state index is 12.4. The van der Waals surface area contributed by atoms with Gasteiger partial charge in [-0.1, -0.05) is 56.4 Å². The summed E-state index contributed by atoms with van der Waals surface area (Å²) < 4.78 is 18.0. The van der Waals surface area contributed by atoms with Gasteiger partial charge in [0.2, 0.25) is 5.89 Å². The summed E-state index contributed by atoms with van der Waals surface area (Å²) >= 11 is 4.64. The highest BCUT2D eigenvalue weighted by Gasteiger charge is 2.22. The first-order valence-electron chi connectivity index (χ1n) is 11.5. The lowest BCUT2D eigenvalue weighted by Crippen LogP contribution is -3.11. The van der Waals surface area contributed by atoms with Crippen LogP contribution in [0.1, 0.15) is 50.3 Å². The first-order chi connectivity index (χ1) is 16.4. The highest BCUT2D eigenvalue weighted by atomic mass is 35.5. The number of aliphatic carboxylic acids is 1. The van der Waals surface area contributed by atoms with Crippen LogP contribution in [-0.2, 0) is 17.8 Å². The molecule has 34 heavy (non-hydrogen) atoms. The van der Waals surface area contributed by atoms with Gasteiger partial charge in [0, 0.05) is 12.0 Å². The molecule has 2 aromatic rings. The van der Waals surface area contributed by atoms with Gasteiger partial charge in [-0.15, -0.1) is 11.6 Å². The van der Waals surface area contributed by atoms with Gasteiger partial charge in [0.1, 0.15) is 24.3 Å². The number of oxazole rings is 1. The second kappa shape index (κ2) is 16.8. The number of aromatic nitrogens is 1. The summed E-state index contributed by atoms with van der Waals surface area (Å²) in [7, 11) is 0. The molecule has 7 heteroatoms. The van der Waals surface area contributed by atoms with Gasteiger partial charge >= 0.3 is 5.97 Å². The number of rotatable bonds is 8. The van der Waals surface area contributed by atoms with Crippen molar-refractivity contribution in [2.24, 2.45) is 5.92 Å². The van der Waals surface area contributed by atoms with Crippen LogP contribution >= 0.6 is 11.6 Å². The van der Waals surface area contributed by atoms with E-state index >= 15 is 0 Å². The van der Waals surface area contributed by atoms with Gasteiger partial charge in [-0.25, -0.2) is 9.37 Å². The van der Waals surface area contributed by atoms with E-state index in [0.29, 0.717) is 11.5 Å². The van der Waals surface area contributed by atoms with Crippen molar-refractivity contribution in [3.8, 4) is 0 Å². The highest BCUT2D eigenvalue weighted by Crippen LogP contribution is 2.16. The molecule has 0 aliphatic carbocycles. The summed E-state index contributed by atoms with van der Waals surface area (Å²) in [4.78, 5) is 16.4. The molecule has 2 heterocycles. The Balaban J connectivity index is 0.000000374. The van der Waals surface area contributed by atoms with Crippen LogP contribution in [-0.4, -0.2) is 35.5 Å². The second-order valence-corrected chi connectivity index (χ2v) is 7.98. The van der Waals surface area contributed by atoms with Gasteiger partial charge < -0.3 is 14.4 Å². The number of allylic oxidation sites excluding steroid dienone is 5. The van der Waals surface area contributed by atoms with Crippen LogP contribution in [0.15, 0.2) is 65.8 Å². The molecule has 5 nitrogen and oxygen atoms in total. The van der Waals surface area contributed by atoms with Gasteiger partial charge in [0.15, 0.2) is 0 Å². The van der Waals surface area contributed by atoms with E-state index in [1.54, 1.807) is 23.3 Å². The van der Waals surface area contributed by atoms with Crippen molar-refractivity contribution in [1.29, 1.82) is 0 Å². The fourth-order valence-electron chi connectivity index (χ4n) is 3.77. The minimum atomic E-state index is -0.949. The van der Waals surface area contributed by atoms with Crippen molar-refractivity contribution in [1.82, 2.24) is 4.98 Å². The van der Waals surface area contributed by atoms with Crippen LogP contribution in [0.4, 0.5) is 4.39 Å². The predicted octanol–water partition coefficient (Wildman–Crippen LogP) is 5.33. The third kappa shape index (κ3) is 10.9. The Labute approximate surface area is 207 Å². The summed E-state index contributed by atoms with van der Waals surface area (Å²) in [5.74, 6) is 0.267. The number of carboxylic acids is 1. The Morgan fingerprint density at radius 3 is 2.62 bits per heavy atom. The maximum atomic E-state index is 12.4. The van der Waals surface area contributed by atoms with Crippen molar-refractivity contribution in [2.45, 2.75) is 46.1 Å². The zero-order valence-corrected chi connectivity index (χ0v) is 21.2. The van der Waals surface area contributed by atoms with Gasteiger partial charge in [-0.2, -0.15) is 0 Å². The molecule has 0 unspecified atom stereocenters. The van der Waals surface area contributed by atoms with Crippen molar-refractivity contribution in [2.75, 3.05) is 19.5 Å². The molecule has 0 atom stereocenters. The molecular weight excluding hydrogens is 455 g/mol. The number of hydrogen-bond acceptors (Lipinski definition) is 3. The van der Waals surface area contributed by atoms with Crippen molar-refractivity contribution >= 4 is 23.1 Å². The third-order valence-electron chi connectivity index (χ3n) is 5.51. The number of alkyl halides is 1. The standard InChI is InChI=1S/C18H26N2O.C8H7FO2.CH3Cl/c1-4-7-16(8-5-2)18-19-17(14-21-18)13-20-11-9-15(6-3)10-12-20;9-7-3-1-2-6(4-7)5-8(10)11;1-2/h4-5,7-8,14-15H,1,6,9-13H2,2-3H3;1-4H,5H2,(H,10,11);1H3/p+1/b8-5-,16-7+;;. The quantitative estimate of drug-likeness (QED) is 0.386. The molecule has 2 N–H and O–H groups in total. The van der Waals surface area contributed by atoms with E-state index in [-0.39, 0.29) is 6.42 Å². The maximum Gasteiger partial charge on any atom is 0.307 e. The molecule has 0 saturated carbocycles. The largest absolute Gasteiger partial charge is 0.481 e. The Bertz CT molecular complexity index is 931. The molecule has 186 valence electrons. The molecule has 1 fully saturated rings. The number of benzene rings is 1. The van der Waals surface area contributed by atoms with Crippen LogP contribution < -0.4 is 4.90 Å². The third-order valence-corrected chi connectivity index (χ3v) is 5.51. The number of quaternary nitrogens is 1. The van der Waals surface area contributed by atoms with Gasteiger partial charge in [0.25, 0.3) is 0 Å². The Hall–Kier alpha value is -2.70. The van der Waals surface area contributed by atoms with E-state index < -0.39 is 11.8 Å². The number of piperidine rings is 1. The van der Waals surface area contributed by atoms with E-state index in [4.69, 9.17) is 9.52 Å². The molecule has 0 amide bonds. The minimum absolute atomic E-state index is 0.127. The van der Waals surface area contributed by atoms with Crippen molar-refractivity contribution in [3.05, 3.63) is 84.4 Å². The van der Waals surface area contributed by atoms with Crippen LogP contribution in [0.3, 0.4) is 0 Å². The Morgan fingerprint density at radius 1 is 1.35 bits per heavy atom. The Kier molecular flexibility index (Phi) is 14.5. The number of likely N-dealkylation sites (tertiary alicyclic amines) is 1. The van der Waals surface area contributed by atoms with E-state index in [0.717, 1.165) is 23.7 Å². The number of carbonyl (C=O) groups is 1. The average Bonchev–Trinajstić information content (AvgIpc) is 3.29. The predicted molar refractivity (Wildman–Crippen MR) is 136 cm³/mol. The lowest BCUT2D eigenvalue weighted by molar-refractivity contribution is -0.920. The Morgan fingerprint density at radius 2 is 2.06 bits per heavy atom. The lowest BCUT2D eigenvalue weighted by atomic mass is 9.94. The van der Waals surface area contributed by atoms with Gasteiger partial charge in [-0.3, -0.25) is 4.79 Å². The topological polar surface area (TPSA) is 67.8 Å². The van der Waals surface area contributed by atoms with Crippen molar-refractivity contribution in [3.63, 3.8) is 0 Å². The number of hydrogen-bond donors (Lipinski definition) is 2. The normalized spacial score (nSPS) is 17.9. The number of nitrogens with one attached hydrogen (secondary N) is 1. The summed E-state index contributed by atoms with van der Waals surface area (Å²) in [5, 5.41) is 8.34. The highest BCUT2D eigenvalue weighted by molar-refractivity contribution is 6.15. The molecular formula is C27H37ClFN2O3+. The van der Waals surface area contributed by atoms with Gasteiger partial charge in [0.05, 0.1) is 19.5 Å². The summed E-state index contributed by atoms with van der Waals surface area (Å²) in [6.45, 7) is 11.5. The summed E-state index contributed by atoms with van der Waals surface area (Å²) in [5.41, 5.74) is 2.50. The molecule has 0 spiro atoms. The van der Waals surface area contributed by atoms with E-state index in [9.17, 15) is 9.18 Å². The zero-order chi connectivity index (χ0) is 25.3. The fraction of sp³-hybridized carbons (Fsp3) is 0.407. The van der Waals surface area contributed by atoms with E-state index in [1.807, 2.05) is 25.2 Å². The zero-order valence-electron chi connectivity index (χ0n) is 20.4. The monoisotopic (exact) mass is 491 g/mol. The number of carboxylic acid groups (broad SMARTS) is 1. The molecule has 0 bridgehead atoms.